The van der Waals surface area contributed by atoms with E-state index in [4.69, 9.17) is 14.2 Å². The van der Waals surface area contributed by atoms with E-state index in [1.807, 2.05) is 55.5 Å². The molecular formula is C31H28N2O5. The van der Waals surface area contributed by atoms with Crippen molar-refractivity contribution in [2.24, 2.45) is 5.10 Å². The maximum atomic E-state index is 12.8. The van der Waals surface area contributed by atoms with Gasteiger partial charge in [-0.2, -0.15) is 5.10 Å². The standard InChI is InChI=1S/C31H28N2O5/c1-3-9-23-11-6-8-13-28(23)37-21-30(34)33-32-20-27-26-12-7-5-10-22(26)16-19-29(27)38-31(35)24-14-17-25(18-15-24)36-4-2/h3,5-8,10-20H,1,4,9,21H2,2H3,(H,33,34). The fourth-order valence-corrected chi connectivity index (χ4v) is 3.82. The van der Waals surface area contributed by atoms with Gasteiger partial charge in [-0.3, -0.25) is 4.79 Å². The van der Waals surface area contributed by atoms with Crippen molar-refractivity contribution in [3.63, 3.8) is 0 Å². The van der Waals surface area contributed by atoms with Crippen LogP contribution >= 0.6 is 0 Å². The highest BCUT2D eigenvalue weighted by atomic mass is 16.5. The zero-order chi connectivity index (χ0) is 26.7. The van der Waals surface area contributed by atoms with Crippen molar-refractivity contribution in [1.82, 2.24) is 5.43 Å². The van der Waals surface area contributed by atoms with E-state index in [9.17, 15) is 9.59 Å². The first kappa shape index (κ1) is 26.2. The largest absolute Gasteiger partial charge is 0.494 e. The van der Waals surface area contributed by atoms with Gasteiger partial charge in [0.05, 0.1) is 18.4 Å². The molecule has 0 aliphatic rings. The second kappa shape index (κ2) is 12.9. The summed E-state index contributed by atoms with van der Waals surface area (Å²) in [5, 5.41) is 5.86. The van der Waals surface area contributed by atoms with Crippen molar-refractivity contribution < 1.29 is 23.8 Å². The molecule has 0 spiro atoms. The van der Waals surface area contributed by atoms with Gasteiger partial charge in [0.2, 0.25) is 0 Å². The highest BCUT2D eigenvalue weighted by Crippen LogP contribution is 2.28. The molecule has 4 rings (SSSR count). The number of esters is 1. The van der Waals surface area contributed by atoms with Crippen LogP contribution < -0.4 is 19.6 Å². The van der Waals surface area contributed by atoms with Crippen molar-refractivity contribution in [2.75, 3.05) is 13.2 Å². The summed E-state index contributed by atoms with van der Waals surface area (Å²) in [6, 6.07) is 25.4. The molecule has 4 aromatic carbocycles. The molecule has 4 aromatic rings. The highest BCUT2D eigenvalue weighted by molar-refractivity contribution is 6.04. The van der Waals surface area contributed by atoms with Crippen molar-refractivity contribution >= 4 is 28.9 Å². The van der Waals surface area contributed by atoms with Crippen molar-refractivity contribution in [2.45, 2.75) is 13.3 Å². The van der Waals surface area contributed by atoms with Gasteiger partial charge in [-0.05, 0) is 66.1 Å². The maximum absolute atomic E-state index is 12.8. The first-order chi connectivity index (χ1) is 18.6. The Balaban J connectivity index is 1.48. The molecule has 0 bridgehead atoms. The lowest BCUT2D eigenvalue weighted by Crippen LogP contribution is -2.25. The van der Waals surface area contributed by atoms with Gasteiger partial charge in [0.15, 0.2) is 6.61 Å². The maximum Gasteiger partial charge on any atom is 0.343 e. The number of ether oxygens (including phenoxy) is 3. The van der Waals surface area contributed by atoms with Crippen LogP contribution in [0, 0.1) is 0 Å². The Morgan fingerprint density at radius 1 is 0.895 bits per heavy atom. The summed E-state index contributed by atoms with van der Waals surface area (Å²) in [7, 11) is 0. The molecule has 0 aliphatic heterocycles. The van der Waals surface area contributed by atoms with Crippen LogP contribution in [-0.2, 0) is 11.2 Å². The van der Waals surface area contributed by atoms with Gasteiger partial charge in [0.1, 0.15) is 17.2 Å². The second-order valence-electron chi connectivity index (χ2n) is 8.23. The third-order valence-electron chi connectivity index (χ3n) is 5.61. The highest BCUT2D eigenvalue weighted by Gasteiger charge is 2.14. The van der Waals surface area contributed by atoms with E-state index in [1.54, 1.807) is 42.5 Å². The minimum atomic E-state index is -0.520. The predicted molar refractivity (Wildman–Crippen MR) is 148 cm³/mol. The first-order valence-electron chi connectivity index (χ1n) is 12.2. The number of benzene rings is 4. The predicted octanol–water partition coefficient (Wildman–Crippen LogP) is 5.72. The summed E-state index contributed by atoms with van der Waals surface area (Å²) < 4.78 is 16.8. The minimum absolute atomic E-state index is 0.208. The van der Waals surface area contributed by atoms with E-state index >= 15 is 0 Å². The molecule has 0 saturated heterocycles. The molecule has 0 atom stereocenters. The fourth-order valence-electron chi connectivity index (χ4n) is 3.82. The number of nitrogens with zero attached hydrogens (tertiary/aromatic N) is 1. The molecule has 192 valence electrons. The quantitative estimate of drug-likeness (QED) is 0.0921. The van der Waals surface area contributed by atoms with Crippen LogP contribution in [0.4, 0.5) is 0 Å². The summed E-state index contributed by atoms with van der Waals surface area (Å²) in [6.07, 6.45) is 3.87. The van der Waals surface area contributed by atoms with E-state index in [2.05, 4.69) is 17.1 Å². The van der Waals surface area contributed by atoms with Gasteiger partial charge in [0, 0.05) is 5.56 Å². The van der Waals surface area contributed by atoms with E-state index < -0.39 is 11.9 Å². The number of hydrazone groups is 1. The lowest BCUT2D eigenvalue weighted by atomic mass is 10.0. The Morgan fingerprint density at radius 2 is 1.66 bits per heavy atom. The van der Waals surface area contributed by atoms with E-state index in [-0.39, 0.29) is 6.61 Å². The zero-order valence-electron chi connectivity index (χ0n) is 21.1. The van der Waals surface area contributed by atoms with Crippen molar-refractivity contribution in [3.8, 4) is 17.2 Å². The number of amides is 1. The number of hydrogen-bond acceptors (Lipinski definition) is 6. The Kier molecular flexibility index (Phi) is 8.86. The summed E-state index contributed by atoms with van der Waals surface area (Å²) >= 11 is 0. The molecule has 0 unspecified atom stereocenters. The van der Waals surface area contributed by atoms with Crippen LogP contribution in [-0.4, -0.2) is 31.3 Å². The number of rotatable bonds is 11. The van der Waals surface area contributed by atoms with Crippen LogP contribution in [0.2, 0.25) is 0 Å². The number of hydrogen-bond donors (Lipinski definition) is 1. The van der Waals surface area contributed by atoms with Gasteiger partial charge in [-0.15, -0.1) is 6.58 Å². The summed E-state index contributed by atoms with van der Waals surface area (Å²) in [5.74, 6) is 0.655. The van der Waals surface area contributed by atoms with Crippen LogP contribution in [0.15, 0.2) is 103 Å². The lowest BCUT2D eigenvalue weighted by molar-refractivity contribution is -0.123. The lowest BCUT2D eigenvalue weighted by Gasteiger charge is -2.11. The van der Waals surface area contributed by atoms with Crippen LogP contribution in [0.3, 0.4) is 0 Å². The van der Waals surface area contributed by atoms with E-state index in [0.29, 0.717) is 41.4 Å². The van der Waals surface area contributed by atoms with E-state index in [0.717, 1.165) is 16.3 Å². The first-order valence-corrected chi connectivity index (χ1v) is 12.2. The average Bonchev–Trinajstić information content (AvgIpc) is 2.94. The summed E-state index contributed by atoms with van der Waals surface area (Å²) in [5.41, 5.74) is 4.35. The third kappa shape index (κ3) is 6.64. The third-order valence-corrected chi connectivity index (χ3v) is 5.61. The van der Waals surface area contributed by atoms with Crippen molar-refractivity contribution in [1.29, 1.82) is 0 Å². The topological polar surface area (TPSA) is 86.2 Å². The molecule has 0 radical (unpaired) electrons. The monoisotopic (exact) mass is 508 g/mol. The summed E-state index contributed by atoms with van der Waals surface area (Å²) in [6.45, 7) is 5.97. The molecule has 1 N–H and O–H groups in total. The van der Waals surface area contributed by atoms with Gasteiger partial charge in [0.25, 0.3) is 5.91 Å². The Hall–Kier alpha value is -4.91. The molecule has 1 amide bonds. The second-order valence-corrected chi connectivity index (χ2v) is 8.23. The number of nitrogens with one attached hydrogen (secondary N) is 1. The van der Waals surface area contributed by atoms with E-state index in [1.165, 1.54) is 6.21 Å². The zero-order valence-corrected chi connectivity index (χ0v) is 21.1. The Labute approximate surface area is 221 Å². The van der Waals surface area contributed by atoms with Gasteiger partial charge < -0.3 is 14.2 Å². The van der Waals surface area contributed by atoms with Crippen molar-refractivity contribution in [3.05, 3.63) is 114 Å². The smallest absolute Gasteiger partial charge is 0.343 e. The molecular weight excluding hydrogens is 480 g/mol. The SMILES string of the molecule is C=CCc1ccccc1OCC(=O)NN=Cc1c(OC(=O)c2ccc(OCC)cc2)ccc2ccccc12. The van der Waals surface area contributed by atoms with Gasteiger partial charge in [-0.25, -0.2) is 10.2 Å². The fraction of sp³-hybridized carbons (Fsp3) is 0.129. The van der Waals surface area contributed by atoms with Gasteiger partial charge >= 0.3 is 5.97 Å². The van der Waals surface area contributed by atoms with Crippen LogP contribution in [0.25, 0.3) is 10.8 Å². The molecule has 0 heterocycles. The summed E-state index contributed by atoms with van der Waals surface area (Å²) in [4.78, 5) is 25.2. The number of fused-ring (bicyclic) bond motifs is 1. The average molecular weight is 509 g/mol. The molecule has 7 heteroatoms. The number of para-hydroxylation sites is 1. The molecule has 0 saturated carbocycles. The Bertz CT molecular complexity index is 1460. The number of carbonyl (C=O) groups excluding carboxylic acids is 2. The normalized spacial score (nSPS) is 10.8. The number of allylic oxidation sites excluding steroid dienone is 1. The van der Waals surface area contributed by atoms with Crippen LogP contribution in [0.5, 0.6) is 17.2 Å². The number of carbonyl (C=O) groups is 2. The van der Waals surface area contributed by atoms with Gasteiger partial charge in [-0.1, -0.05) is 54.6 Å². The minimum Gasteiger partial charge on any atom is -0.494 e. The molecule has 7 nitrogen and oxygen atoms in total. The molecule has 38 heavy (non-hydrogen) atoms. The molecule has 0 aliphatic carbocycles. The Morgan fingerprint density at radius 3 is 2.45 bits per heavy atom. The van der Waals surface area contributed by atoms with Crippen LogP contribution in [0.1, 0.15) is 28.4 Å². The molecule has 0 fully saturated rings. The molecule has 0 aromatic heterocycles.